The van der Waals surface area contributed by atoms with E-state index in [1.807, 2.05) is 61.2 Å². The lowest BCUT2D eigenvalue weighted by Crippen LogP contribution is -2.48. The number of aryl methyl sites for hydroxylation is 2. The first kappa shape index (κ1) is 18.7. The van der Waals surface area contributed by atoms with Gasteiger partial charge in [-0.15, -0.1) is 0 Å². The Hall–Kier alpha value is -2.69. The van der Waals surface area contributed by atoms with Crippen molar-refractivity contribution in [3.05, 3.63) is 65.0 Å². The lowest BCUT2D eigenvalue weighted by atomic mass is 9.85. The summed E-state index contributed by atoms with van der Waals surface area (Å²) in [5, 5.41) is 0. The van der Waals surface area contributed by atoms with Gasteiger partial charge >= 0.3 is 6.09 Å². The molecule has 1 aromatic heterocycles. The van der Waals surface area contributed by atoms with Crippen molar-refractivity contribution in [2.75, 3.05) is 0 Å². The number of carbonyl (C=O) groups is 2. The maximum absolute atomic E-state index is 13.0. The number of aromatic nitrogens is 1. The highest BCUT2D eigenvalue weighted by Gasteiger charge is 2.45. The van der Waals surface area contributed by atoms with Crippen molar-refractivity contribution in [2.24, 2.45) is 5.92 Å². The molecule has 0 spiro atoms. The van der Waals surface area contributed by atoms with E-state index in [0.29, 0.717) is 0 Å². The predicted octanol–water partition coefficient (Wildman–Crippen LogP) is 4.46. The van der Waals surface area contributed by atoms with Crippen molar-refractivity contribution in [1.29, 1.82) is 0 Å². The molecule has 1 aromatic carbocycles. The SMILES string of the molecule is Cc1cc(C(=O)C2CC3CCC(C2)N3C(=O)OCc2ccccc2)cc(C)n1. The van der Waals surface area contributed by atoms with E-state index in [1.165, 1.54) is 0 Å². The van der Waals surface area contributed by atoms with E-state index < -0.39 is 0 Å². The highest BCUT2D eigenvalue weighted by molar-refractivity contribution is 5.98. The van der Waals surface area contributed by atoms with Crippen LogP contribution in [-0.2, 0) is 11.3 Å². The summed E-state index contributed by atoms with van der Waals surface area (Å²) in [4.78, 5) is 32.0. The third kappa shape index (κ3) is 3.79. The molecule has 28 heavy (non-hydrogen) atoms. The van der Waals surface area contributed by atoms with E-state index in [2.05, 4.69) is 4.98 Å². The number of piperidine rings is 1. The molecule has 2 atom stereocenters. The van der Waals surface area contributed by atoms with Crippen molar-refractivity contribution < 1.29 is 14.3 Å². The Morgan fingerprint density at radius 1 is 1.04 bits per heavy atom. The Morgan fingerprint density at radius 2 is 1.64 bits per heavy atom. The Bertz CT molecular complexity index is 846. The minimum Gasteiger partial charge on any atom is -0.445 e. The second-order valence-corrected chi connectivity index (χ2v) is 8.00. The van der Waals surface area contributed by atoms with Crippen LogP contribution in [0.3, 0.4) is 0 Å². The van der Waals surface area contributed by atoms with Gasteiger partial charge < -0.3 is 9.64 Å². The zero-order valence-electron chi connectivity index (χ0n) is 16.4. The summed E-state index contributed by atoms with van der Waals surface area (Å²) in [7, 11) is 0. The van der Waals surface area contributed by atoms with Crippen LogP contribution in [0.5, 0.6) is 0 Å². The number of benzene rings is 1. The number of Topliss-reactive ketones (excluding diaryl/α,β-unsaturated/α-hetero) is 1. The summed E-state index contributed by atoms with van der Waals surface area (Å²) in [5.41, 5.74) is 3.47. The van der Waals surface area contributed by atoms with Crippen molar-refractivity contribution in [1.82, 2.24) is 9.88 Å². The average Bonchev–Trinajstić information content (AvgIpc) is 2.95. The minimum absolute atomic E-state index is 0.0307. The molecule has 146 valence electrons. The quantitative estimate of drug-likeness (QED) is 0.737. The van der Waals surface area contributed by atoms with E-state index in [4.69, 9.17) is 4.74 Å². The fourth-order valence-electron chi connectivity index (χ4n) is 4.70. The summed E-state index contributed by atoms with van der Waals surface area (Å²) < 4.78 is 5.55. The predicted molar refractivity (Wildman–Crippen MR) is 106 cm³/mol. The molecule has 0 saturated carbocycles. The van der Waals surface area contributed by atoms with E-state index in [-0.39, 0.29) is 36.5 Å². The molecule has 5 nitrogen and oxygen atoms in total. The van der Waals surface area contributed by atoms with Crippen molar-refractivity contribution in [3.8, 4) is 0 Å². The summed E-state index contributed by atoms with van der Waals surface area (Å²) in [6.07, 6.45) is 3.08. The third-order valence-electron chi connectivity index (χ3n) is 5.89. The number of fused-ring (bicyclic) bond motifs is 2. The van der Waals surface area contributed by atoms with Crippen molar-refractivity contribution >= 4 is 11.9 Å². The molecule has 2 aliphatic heterocycles. The zero-order valence-corrected chi connectivity index (χ0v) is 16.4. The lowest BCUT2D eigenvalue weighted by Gasteiger charge is -2.37. The van der Waals surface area contributed by atoms with Crippen LogP contribution in [0, 0.1) is 19.8 Å². The molecule has 0 N–H and O–H groups in total. The van der Waals surface area contributed by atoms with Crippen molar-refractivity contribution in [2.45, 2.75) is 58.2 Å². The zero-order chi connectivity index (χ0) is 19.7. The molecule has 4 rings (SSSR count). The second-order valence-electron chi connectivity index (χ2n) is 8.00. The van der Waals surface area contributed by atoms with Gasteiger partial charge in [0.15, 0.2) is 5.78 Å². The Morgan fingerprint density at radius 3 is 2.25 bits per heavy atom. The summed E-state index contributed by atoms with van der Waals surface area (Å²) >= 11 is 0. The van der Waals surface area contributed by atoms with E-state index >= 15 is 0 Å². The monoisotopic (exact) mass is 378 g/mol. The second kappa shape index (κ2) is 7.74. The standard InChI is InChI=1S/C23H26N2O3/c1-15-10-18(11-16(2)24-15)22(26)19-12-20-8-9-21(13-19)25(20)23(27)28-14-17-6-4-3-5-7-17/h3-7,10-11,19-21H,8-9,12-14H2,1-2H3. The molecule has 2 bridgehead atoms. The van der Waals surface area contributed by atoms with Gasteiger partial charge in [-0.1, -0.05) is 30.3 Å². The average molecular weight is 378 g/mol. The molecule has 2 fully saturated rings. The summed E-state index contributed by atoms with van der Waals surface area (Å²) in [6, 6.07) is 13.7. The molecule has 2 aliphatic rings. The summed E-state index contributed by atoms with van der Waals surface area (Å²) in [5.74, 6) is 0.152. The van der Waals surface area contributed by atoms with Crippen LogP contribution in [0.1, 0.15) is 53.0 Å². The Kier molecular flexibility index (Phi) is 5.16. The largest absolute Gasteiger partial charge is 0.445 e. The molecule has 0 radical (unpaired) electrons. The molecular formula is C23H26N2O3. The van der Waals surface area contributed by atoms with Gasteiger partial charge in [0.1, 0.15) is 6.61 Å². The van der Waals surface area contributed by atoms with Gasteiger partial charge in [0.05, 0.1) is 0 Å². The molecule has 2 aromatic rings. The number of rotatable bonds is 4. The number of nitrogens with zero attached hydrogens (tertiary/aromatic N) is 2. The van der Waals surface area contributed by atoms with Gasteiger partial charge in [-0.25, -0.2) is 4.79 Å². The van der Waals surface area contributed by atoms with Crippen LogP contribution < -0.4 is 0 Å². The molecular weight excluding hydrogens is 352 g/mol. The minimum atomic E-state index is -0.252. The molecule has 2 saturated heterocycles. The first-order chi connectivity index (χ1) is 13.5. The number of hydrogen-bond donors (Lipinski definition) is 0. The lowest BCUT2D eigenvalue weighted by molar-refractivity contribution is 0.0485. The third-order valence-corrected chi connectivity index (χ3v) is 5.89. The van der Waals surface area contributed by atoms with E-state index in [1.54, 1.807) is 0 Å². The number of pyridine rings is 1. The molecule has 1 amide bonds. The maximum atomic E-state index is 13.0. The summed E-state index contributed by atoms with van der Waals surface area (Å²) in [6.45, 7) is 4.12. The van der Waals surface area contributed by atoms with Crippen molar-refractivity contribution in [3.63, 3.8) is 0 Å². The van der Waals surface area contributed by atoms with Crippen LogP contribution in [-0.4, -0.2) is 33.8 Å². The van der Waals surface area contributed by atoms with Gasteiger partial charge in [0.25, 0.3) is 0 Å². The highest BCUT2D eigenvalue weighted by Crippen LogP contribution is 2.40. The number of hydrogen-bond acceptors (Lipinski definition) is 4. The number of ether oxygens (including phenoxy) is 1. The topological polar surface area (TPSA) is 59.5 Å². The number of ketones is 1. The normalized spacial score (nSPS) is 23.5. The van der Waals surface area contributed by atoms with Crippen LogP contribution in [0.25, 0.3) is 0 Å². The Labute approximate surface area is 165 Å². The van der Waals surface area contributed by atoms with Crippen LogP contribution >= 0.6 is 0 Å². The number of carbonyl (C=O) groups excluding carboxylic acids is 2. The fourth-order valence-corrected chi connectivity index (χ4v) is 4.70. The van der Waals surface area contributed by atoms with Gasteiger partial charge in [-0.05, 0) is 57.2 Å². The highest BCUT2D eigenvalue weighted by atomic mass is 16.6. The van der Waals surface area contributed by atoms with Gasteiger partial charge in [0.2, 0.25) is 0 Å². The molecule has 5 heteroatoms. The smallest absolute Gasteiger partial charge is 0.410 e. The maximum Gasteiger partial charge on any atom is 0.410 e. The van der Waals surface area contributed by atoms with E-state index in [9.17, 15) is 9.59 Å². The van der Waals surface area contributed by atoms with Gasteiger partial charge in [-0.2, -0.15) is 0 Å². The molecule has 3 heterocycles. The van der Waals surface area contributed by atoms with Gasteiger partial charge in [-0.3, -0.25) is 9.78 Å². The Balaban J connectivity index is 1.41. The van der Waals surface area contributed by atoms with Crippen LogP contribution in [0.4, 0.5) is 4.79 Å². The first-order valence-electron chi connectivity index (χ1n) is 10.00. The van der Waals surface area contributed by atoms with E-state index in [0.717, 1.165) is 48.2 Å². The molecule has 0 aliphatic carbocycles. The van der Waals surface area contributed by atoms with Gasteiger partial charge in [0, 0.05) is 35.0 Å². The number of amides is 1. The first-order valence-corrected chi connectivity index (χ1v) is 10.00. The fraction of sp³-hybridized carbons (Fsp3) is 0.435. The van der Waals surface area contributed by atoms with Crippen LogP contribution in [0.15, 0.2) is 42.5 Å². The molecule has 2 unspecified atom stereocenters. The van der Waals surface area contributed by atoms with Crippen LogP contribution in [0.2, 0.25) is 0 Å².